The van der Waals surface area contributed by atoms with Crippen molar-refractivity contribution in [2.45, 2.75) is 58.2 Å². The molecule has 2 aromatic rings. The normalized spacial score (nSPS) is 22.0. The van der Waals surface area contributed by atoms with E-state index < -0.39 is 5.91 Å². The third-order valence-corrected chi connectivity index (χ3v) is 7.61. The van der Waals surface area contributed by atoms with E-state index in [1.165, 1.54) is 6.07 Å². The number of benzene rings is 1. The maximum atomic E-state index is 13.0. The number of amides is 1. The molecule has 9 heteroatoms. The molecular formula is C25H31Cl2N3O4. The average Bonchev–Trinajstić information content (AvgIpc) is 2.80. The van der Waals surface area contributed by atoms with Gasteiger partial charge in [0, 0.05) is 23.8 Å². The number of hydrogen-bond donors (Lipinski definition) is 2. The molecule has 0 saturated heterocycles. The number of H-pyrrole nitrogens is 1. The van der Waals surface area contributed by atoms with Crippen LogP contribution in [0.25, 0.3) is 0 Å². The number of nitrogens with zero attached hydrogens (tertiary/aromatic N) is 1. The van der Waals surface area contributed by atoms with E-state index in [-0.39, 0.29) is 33.8 Å². The molecule has 1 amide bonds. The topological polar surface area (TPSA) is 83.7 Å². The van der Waals surface area contributed by atoms with Crippen LogP contribution in [0.1, 0.15) is 52.9 Å². The first-order valence-electron chi connectivity index (χ1n) is 11.6. The lowest BCUT2D eigenvalue weighted by atomic mass is 9.82. The van der Waals surface area contributed by atoms with E-state index in [9.17, 15) is 9.59 Å². The molecule has 0 radical (unpaired) electrons. The van der Waals surface area contributed by atoms with E-state index in [4.69, 9.17) is 32.7 Å². The predicted octanol–water partition coefficient (Wildman–Crippen LogP) is 4.49. The number of aromatic amines is 1. The summed E-state index contributed by atoms with van der Waals surface area (Å²) in [5, 5.41) is 3.21. The molecule has 2 N–H and O–H groups in total. The van der Waals surface area contributed by atoms with Crippen LogP contribution in [0.4, 0.5) is 0 Å². The van der Waals surface area contributed by atoms with Crippen molar-refractivity contribution in [1.82, 2.24) is 15.2 Å². The van der Waals surface area contributed by atoms with Gasteiger partial charge < -0.3 is 24.7 Å². The Morgan fingerprint density at radius 3 is 2.50 bits per heavy atom. The summed E-state index contributed by atoms with van der Waals surface area (Å²) < 4.78 is 12.2. The van der Waals surface area contributed by atoms with Gasteiger partial charge in [-0.1, -0.05) is 23.2 Å². The molecule has 1 fully saturated rings. The highest BCUT2D eigenvalue weighted by Gasteiger charge is 2.35. The first-order valence-corrected chi connectivity index (χ1v) is 12.4. The van der Waals surface area contributed by atoms with Gasteiger partial charge in [-0.25, -0.2) is 0 Å². The Labute approximate surface area is 209 Å². The van der Waals surface area contributed by atoms with Gasteiger partial charge in [-0.05, 0) is 77.2 Å². The van der Waals surface area contributed by atoms with E-state index in [0.29, 0.717) is 35.6 Å². The molecule has 1 aliphatic carbocycles. The van der Waals surface area contributed by atoms with Crippen molar-refractivity contribution in [3.05, 3.63) is 54.9 Å². The molecule has 1 atom stereocenters. The smallest absolute Gasteiger partial charge is 0.253 e. The molecule has 34 heavy (non-hydrogen) atoms. The van der Waals surface area contributed by atoms with Crippen LogP contribution in [-0.4, -0.2) is 48.6 Å². The maximum absolute atomic E-state index is 13.0. The van der Waals surface area contributed by atoms with Gasteiger partial charge in [0.1, 0.15) is 12.7 Å². The van der Waals surface area contributed by atoms with Crippen LogP contribution < -0.4 is 20.3 Å². The summed E-state index contributed by atoms with van der Waals surface area (Å²) in [6.45, 7) is 4.13. The first kappa shape index (κ1) is 24.9. The number of hydrogen-bond acceptors (Lipinski definition) is 5. The summed E-state index contributed by atoms with van der Waals surface area (Å²) in [7, 11) is 4.23. The largest absolute Gasteiger partial charge is 0.484 e. The number of aryl methyl sites for hydroxylation is 2. The molecule has 1 aliphatic heterocycles. The van der Waals surface area contributed by atoms with E-state index >= 15 is 0 Å². The van der Waals surface area contributed by atoms with Gasteiger partial charge in [-0.2, -0.15) is 0 Å². The fraction of sp³-hybridized carbons (Fsp3) is 0.520. The summed E-state index contributed by atoms with van der Waals surface area (Å²) in [6.07, 6.45) is 4.17. The summed E-state index contributed by atoms with van der Waals surface area (Å²) >= 11 is 13.1. The minimum absolute atomic E-state index is 0.0699. The third-order valence-electron chi connectivity index (χ3n) is 6.95. The molecule has 1 saturated carbocycles. The molecule has 1 aromatic carbocycles. The number of rotatable bonds is 5. The van der Waals surface area contributed by atoms with Gasteiger partial charge in [0.05, 0.1) is 15.6 Å². The third kappa shape index (κ3) is 5.07. The summed E-state index contributed by atoms with van der Waals surface area (Å²) in [6, 6.07) is 3.94. The first-order chi connectivity index (χ1) is 16.2. The van der Waals surface area contributed by atoms with Gasteiger partial charge in [0.25, 0.3) is 11.5 Å². The van der Waals surface area contributed by atoms with Gasteiger partial charge in [-0.15, -0.1) is 0 Å². The number of nitrogens with one attached hydrogen (secondary N) is 2. The second-order valence-corrected chi connectivity index (χ2v) is 10.3. The summed E-state index contributed by atoms with van der Waals surface area (Å²) in [5.74, 6) is 0.598. The van der Waals surface area contributed by atoms with E-state index in [1.807, 2.05) is 19.9 Å². The number of carbonyl (C=O) groups excluding carboxylic acids is 1. The molecule has 184 valence electrons. The molecule has 4 rings (SSSR count). The van der Waals surface area contributed by atoms with Crippen LogP contribution in [0, 0.1) is 19.8 Å². The van der Waals surface area contributed by atoms with E-state index in [2.05, 4.69) is 29.3 Å². The highest BCUT2D eigenvalue weighted by Crippen LogP contribution is 2.47. The SMILES string of the molecule is Cc1cc(C)c(CNC(=O)c2cc(Cl)c3c(c2Cl)O[C@@H](C2CCC(N(C)C)CC2)CO3)c(=O)[nH]1. The summed E-state index contributed by atoms with van der Waals surface area (Å²) in [4.78, 5) is 30.3. The molecule has 2 aliphatic rings. The Kier molecular flexibility index (Phi) is 7.45. The predicted molar refractivity (Wildman–Crippen MR) is 134 cm³/mol. The highest BCUT2D eigenvalue weighted by atomic mass is 35.5. The van der Waals surface area contributed by atoms with Crippen molar-refractivity contribution >= 4 is 29.1 Å². The van der Waals surface area contributed by atoms with Crippen molar-refractivity contribution in [1.29, 1.82) is 0 Å². The standard InChI is InChI=1S/C25H31Cl2N3O4/c1-13-9-14(2)29-25(32)18(13)11-28-24(31)17-10-19(26)22-23(21(17)27)34-20(12-33-22)15-5-7-16(8-6-15)30(3)4/h9-10,15-16,20H,5-8,11-12H2,1-4H3,(H,28,31)(H,29,32)/t15?,16?,20-/m1/s1. The lowest BCUT2D eigenvalue weighted by Crippen LogP contribution is -2.41. The van der Waals surface area contributed by atoms with Crippen molar-refractivity contribution in [3.63, 3.8) is 0 Å². The maximum Gasteiger partial charge on any atom is 0.253 e. The molecule has 1 aromatic heterocycles. The monoisotopic (exact) mass is 507 g/mol. The fourth-order valence-corrected chi connectivity index (χ4v) is 5.45. The minimum Gasteiger partial charge on any atom is -0.484 e. The zero-order valence-corrected chi connectivity index (χ0v) is 21.5. The van der Waals surface area contributed by atoms with Crippen LogP contribution in [0.3, 0.4) is 0 Å². The molecule has 7 nitrogen and oxygen atoms in total. The van der Waals surface area contributed by atoms with Crippen molar-refractivity contribution in [2.75, 3.05) is 20.7 Å². The van der Waals surface area contributed by atoms with Gasteiger partial charge in [0.15, 0.2) is 11.5 Å². The Bertz CT molecular complexity index is 1140. The van der Waals surface area contributed by atoms with Crippen LogP contribution in [0.2, 0.25) is 10.0 Å². The van der Waals surface area contributed by atoms with E-state index in [1.54, 1.807) is 0 Å². The molecular weight excluding hydrogens is 477 g/mol. The number of carbonyl (C=O) groups is 1. The Morgan fingerprint density at radius 2 is 1.85 bits per heavy atom. The fourth-order valence-electron chi connectivity index (χ4n) is 4.93. The van der Waals surface area contributed by atoms with Crippen LogP contribution in [0.15, 0.2) is 16.9 Å². The lowest BCUT2D eigenvalue weighted by molar-refractivity contribution is 0.0246. The number of fused-ring (bicyclic) bond motifs is 1. The van der Waals surface area contributed by atoms with Crippen LogP contribution >= 0.6 is 23.2 Å². The van der Waals surface area contributed by atoms with Gasteiger partial charge in [0.2, 0.25) is 0 Å². The van der Waals surface area contributed by atoms with Gasteiger partial charge >= 0.3 is 0 Å². The molecule has 2 heterocycles. The van der Waals surface area contributed by atoms with E-state index in [0.717, 1.165) is 36.9 Å². The number of ether oxygens (including phenoxy) is 2. The number of aromatic nitrogens is 1. The van der Waals surface area contributed by atoms with Crippen LogP contribution in [-0.2, 0) is 6.54 Å². The van der Waals surface area contributed by atoms with Crippen molar-refractivity contribution in [2.24, 2.45) is 5.92 Å². The molecule has 0 spiro atoms. The Balaban J connectivity index is 1.50. The molecule has 0 unspecified atom stereocenters. The number of halogens is 2. The van der Waals surface area contributed by atoms with Crippen LogP contribution in [0.5, 0.6) is 11.5 Å². The second-order valence-electron chi connectivity index (χ2n) is 9.50. The van der Waals surface area contributed by atoms with Crippen molar-refractivity contribution < 1.29 is 14.3 Å². The zero-order valence-electron chi connectivity index (χ0n) is 20.0. The zero-order chi connectivity index (χ0) is 24.6. The lowest BCUT2D eigenvalue weighted by Gasteiger charge is -2.38. The number of pyridine rings is 1. The average molecular weight is 508 g/mol. The highest BCUT2D eigenvalue weighted by molar-refractivity contribution is 6.38. The minimum atomic E-state index is -0.439. The second kappa shape index (κ2) is 10.2. The quantitative estimate of drug-likeness (QED) is 0.622. The Morgan fingerprint density at radius 1 is 1.15 bits per heavy atom. The Hall–Kier alpha value is -2.22. The summed E-state index contributed by atoms with van der Waals surface area (Å²) in [5.41, 5.74) is 2.03. The molecule has 0 bridgehead atoms. The van der Waals surface area contributed by atoms with Crippen molar-refractivity contribution in [3.8, 4) is 11.5 Å². The van der Waals surface area contributed by atoms with Gasteiger partial charge in [-0.3, -0.25) is 9.59 Å².